The van der Waals surface area contributed by atoms with Crippen molar-refractivity contribution in [2.75, 3.05) is 26.3 Å². The number of benzene rings is 2. The van der Waals surface area contributed by atoms with Crippen molar-refractivity contribution in [2.24, 2.45) is 0 Å². The lowest BCUT2D eigenvalue weighted by Gasteiger charge is -2.26. The summed E-state index contributed by atoms with van der Waals surface area (Å²) in [6, 6.07) is 17.1. The van der Waals surface area contributed by atoms with Crippen LogP contribution in [0, 0.1) is 0 Å². The van der Waals surface area contributed by atoms with Crippen molar-refractivity contribution in [3.8, 4) is 0 Å². The number of amides is 1. The Kier molecular flexibility index (Phi) is 8.62. The van der Waals surface area contributed by atoms with Gasteiger partial charge in [-0.2, -0.15) is 0 Å². The highest BCUT2D eigenvalue weighted by Crippen LogP contribution is 2.19. The van der Waals surface area contributed by atoms with E-state index < -0.39 is 12.1 Å². The number of carbonyl (C=O) groups is 2. The predicted octanol–water partition coefficient (Wildman–Crippen LogP) is 3.72. The smallest absolute Gasteiger partial charge is 0.338 e. The van der Waals surface area contributed by atoms with E-state index in [0.29, 0.717) is 5.56 Å². The van der Waals surface area contributed by atoms with Crippen LogP contribution in [0.5, 0.6) is 0 Å². The largest absolute Gasteiger partial charge is 0.449 e. The first-order valence-corrected chi connectivity index (χ1v) is 11.0. The molecule has 2 aromatic carbocycles. The Morgan fingerprint density at radius 1 is 1.06 bits per heavy atom. The molecule has 1 fully saturated rings. The summed E-state index contributed by atoms with van der Waals surface area (Å²) < 4.78 is 10.8. The predicted molar refractivity (Wildman–Crippen MR) is 120 cm³/mol. The summed E-state index contributed by atoms with van der Waals surface area (Å²) in [6.07, 6.45) is 0.884. The zero-order valence-corrected chi connectivity index (χ0v) is 18.4. The summed E-state index contributed by atoms with van der Waals surface area (Å²) >= 11 is 0. The average Bonchev–Trinajstić information content (AvgIpc) is 2.80. The number of morpholine rings is 1. The lowest BCUT2D eigenvalue weighted by molar-refractivity contribution is -0.129. The third-order valence-electron chi connectivity index (χ3n) is 5.45. The van der Waals surface area contributed by atoms with Gasteiger partial charge in [0.25, 0.3) is 5.91 Å². The van der Waals surface area contributed by atoms with Gasteiger partial charge in [-0.3, -0.25) is 9.69 Å². The fourth-order valence-electron chi connectivity index (χ4n) is 3.63. The summed E-state index contributed by atoms with van der Waals surface area (Å²) in [5.74, 6) is -0.785. The zero-order valence-electron chi connectivity index (χ0n) is 18.4. The van der Waals surface area contributed by atoms with Crippen LogP contribution >= 0.6 is 0 Å². The van der Waals surface area contributed by atoms with Crippen LogP contribution in [0.25, 0.3) is 0 Å². The monoisotopic (exact) mass is 424 g/mol. The fourth-order valence-corrected chi connectivity index (χ4v) is 3.63. The van der Waals surface area contributed by atoms with Crippen molar-refractivity contribution in [1.29, 1.82) is 0 Å². The molecule has 1 heterocycles. The average molecular weight is 425 g/mol. The Bertz CT molecular complexity index is 832. The number of hydrogen-bond donors (Lipinski definition) is 1. The Labute approximate surface area is 184 Å². The molecule has 2 atom stereocenters. The van der Waals surface area contributed by atoms with Gasteiger partial charge < -0.3 is 14.8 Å². The van der Waals surface area contributed by atoms with Gasteiger partial charge in [-0.15, -0.1) is 0 Å². The highest BCUT2D eigenvalue weighted by Gasteiger charge is 2.22. The minimum atomic E-state index is -0.872. The van der Waals surface area contributed by atoms with Crippen LogP contribution in [0.15, 0.2) is 54.6 Å². The third-order valence-corrected chi connectivity index (χ3v) is 5.45. The van der Waals surface area contributed by atoms with Gasteiger partial charge in [0.1, 0.15) is 0 Å². The van der Waals surface area contributed by atoms with Gasteiger partial charge >= 0.3 is 5.97 Å². The summed E-state index contributed by atoms with van der Waals surface area (Å²) in [7, 11) is 0. The maximum Gasteiger partial charge on any atom is 0.338 e. The number of carbonyl (C=O) groups excluding carboxylic acids is 2. The molecule has 166 valence electrons. The van der Waals surface area contributed by atoms with Gasteiger partial charge in [-0.25, -0.2) is 4.79 Å². The molecular weight excluding hydrogens is 392 g/mol. The van der Waals surface area contributed by atoms with Gasteiger partial charge in [0.05, 0.1) is 24.8 Å². The molecule has 0 radical (unpaired) electrons. The molecule has 0 unspecified atom stereocenters. The van der Waals surface area contributed by atoms with Crippen molar-refractivity contribution >= 4 is 11.9 Å². The fraction of sp³-hybridized carbons (Fsp3) is 0.440. The van der Waals surface area contributed by atoms with E-state index in [1.165, 1.54) is 0 Å². The first-order chi connectivity index (χ1) is 15.1. The molecule has 1 amide bonds. The molecule has 6 heteroatoms. The Morgan fingerprint density at radius 3 is 2.39 bits per heavy atom. The molecule has 31 heavy (non-hydrogen) atoms. The summed E-state index contributed by atoms with van der Waals surface area (Å²) in [5, 5.41) is 3.01. The molecular formula is C25H32N2O4. The molecule has 0 aromatic heterocycles. The van der Waals surface area contributed by atoms with Crippen LogP contribution < -0.4 is 5.32 Å². The number of hydrogen-bond acceptors (Lipinski definition) is 5. The van der Waals surface area contributed by atoms with Gasteiger partial charge in [0.2, 0.25) is 0 Å². The standard InChI is InChI=1S/C25H32N2O4/c1-3-7-23(21-8-5-4-6-9-21)26-24(28)19(2)31-25(29)22-12-10-20(11-13-22)18-27-14-16-30-17-15-27/h4-6,8-13,19,23H,3,7,14-18H2,1-2H3,(H,26,28)/t19-,23+/m0/s1. The van der Waals surface area contributed by atoms with E-state index in [1.54, 1.807) is 19.1 Å². The second-order valence-electron chi connectivity index (χ2n) is 7.89. The summed E-state index contributed by atoms with van der Waals surface area (Å²) in [5.41, 5.74) is 2.63. The van der Waals surface area contributed by atoms with E-state index in [4.69, 9.17) is 9.47 Å². The van der Waals surface area contributed by atoms with Crippen LogP contribution in [0.4, 0.5) is 0 Å². The van der Waals surface area contributed by atoms with Crippen molar-refractivity contribution in [2.45, 2.75) is 45.4 Å². The molecule has 1 N–H and O–H groups in total. The van der Waals surface area contributed by atoms with Gasteiger partial charge in [-0.1, -0.05) is 55.8 Å². The molecule has 0 spiro atoms. The molecule has 3 rings (SSSR count). The second kappa shape index (κ2) is 11.6. The third kappa shape index (κ3) is 6.91. The van der Waals surface area contributed by atoms with Gasteiger partial charge in [0, 0.05) is 19.6 Å². The quantitative estimate of drug-likeness (QED) is 0.622. The molecule has 2 aromatic rings. The summed E-state index contributed by atoms with van der Waals surface area (Å²) in [4.78, 5) is 27.5. The van der Waals surface area contributed by atoms with Crippen LogP contribution in [0.2, 0.25) is 0 Å². The Morgan fingerprint density at radius 2 is 1.74 bits per heavy atom. The Balaban J connectivity index is 1.53. The van der Waals surface area contributed by atoms with E-state index in [-0.39, 0.29) is 11.9 Å². The zero-order chi connectivity index (χ0) is 22.1. The summed E-state index contributed by atoms with van der Waals surface area (Å²) in [6.45, 7) is 7.86. The minimum Gasteiger partial charge on any atom is -0.449 e. The molecule has 1 aliphatic rings. The van der Waals surface area contributed by atoms with E-state index in [9.17, 15) is 9.59 Å². The van der Waals surface area contributed by atoms with Crippen molar-refractivity contribution in [3.05, 3.63) is 71.3 Å². The molecule has 1 saturated heterocycles. The second-order valence-corrected chi connectivity index (χ2v) is 7.89. The van der Waals surface area contributed by atoms with Crippen LogP contribution in [0.3, 0.4) is 0 Å². The molecule has 6 nitrogen and oxygen atoms in total. The number of esters is 1. The first kappa shape index (κ1) is 23.0. The van der Waals surface area contributed by atoms with E-state index in [0.717, 1.165) is 56.8 Å². The number of ether oxygens (including phenoxy) is 2. The normalized spacial score (nSPS) is 16.3. The van der Waals surface area contributed by atoms with Gasteiger partial charge in [0.15, 0.2) is 6.10 Å². The van der Waals surface area contributed by atoms with Crippen molar-refractivity contribution in [1.82, 2.24) is 10.2 Å². The van der Waals surface area contributed by atoms with Crippen LogP contribution in [-0.2, 0) is 20.8 Å². The van der Waals surface area contributed by atoms with Crippen LogP contribution in [0.1, 0.15) is 54.2 Å². The highest BCUT2D eigenvalue weighted by molar-refractivity contribution is 5.92. The van der Waals surface area contributed by atoms with E-state index in [1.807, 2.05) is 42.5 Å². The lowest BCUT2D eigenvalue weighted by atomic mass is 10.0. The maximum atomic E-state index is 12.6. The van der Waals surface area contributed by atoms with Gasteiger partial charge in [-0.05, 0) is 36.6 Å². The number of rotatable bonds is 9. The highest BCUT2D eigenvalue weighted by atomic mass is 16.5. The first-order valence-electron chi connectivity index (χ1n) is 11.0. The Hall–Kier alpha value is -2.70. The molecule has 1 aliphatic heterocycles. The maximum absolute atomic E-state index is 12.6. The molecule has 0 bridgehead atoms. The number of nitrogens with one attached hydrogen (secondary N) is 1. The minimum absolute atomic E-state index is 0.0978. The van der Waals surface area contributed by atoms with Crippen LogP contribution in [-0.4, -0.2) is 49.2 Å². The topological polar surface area (TPSA) is 67.9 Å². The van der Waals surface area contributed by atoms with Crippen molar-refractivity contribution in [3.63, 3.8) is 0 Å². The number of nitrogens with zero attached hydrogens (tertiary/aromatic N) is 1. The SMILES string of the molecule is CCC[C@@H](NC(=O)[C@H](C)OC(=O)c1ccc(CN2CCOCC2)cc1)c1ccccc1. The molecule has 0 aliphatic carbocycles. The van der Waals surface area contributed by atoms with E-state index in [2.05, 4.69) is 17.1 Å². The molecule has 0 saturated carbocycles. The lowest BCUT2D eigenvalue weighted by Crippen LogP contribution is -2.38. The van der Waals surface area contributed by atoms with E-state index >= 15 is 0 Å². The van der Waals surface area contributed by atoms with Crippen molar-refractivity contribution < 1.29 is 19.1 Å².